The summed E-state index contributed by atoms with van der Waals surface area (Å²) in [6.07, 6.45) is 2.12. The summed E-state index contributed by atoms with van der Waals surface area (Å²) in [5, 5.41) is 2.23. The maximum Gasteiger partial charge on any atom is 0.253 e. The fraction of sp³-hybridized carbons (Fsp3) is 0.353. The van der Waals surface area contributed by atoms with E-state index in [1.807, 2.05) is 42.3 Å². The van der Waals surface area contributed by atoms with Gasteiger partial charge in [0.05, 0.1) is 0 Å². The van der Waals surface area contributed by atoms with Crippen LogP contribution in [-0.2, 0) is 0 Å². The lowest BCUT2D eigenvalue weighted by atomic mass is 10.1. The smallest absolute Gasteiger partial charge is 0.253 e. The first-order valence-electron chi connectivity index (χ1n) is 6.99. The molecule has 1 unspecified atom stereocenters. The zero-order valence-corrected chi connectivity index (χ0v) is 13.8. The number of benzene rings is 2. The summed E-state index contributed by atoms with van der Waals surface area (Å²) in [5.74, 6) is 0.0933. The molecule has 1 atom stereocenters. The molecule has 0 saturated carbocycles. The monoisotopic (exact) mass is 333 g/mol. The number of rotatable bonds is 4. The van der Waals surface area contributed by atoms with Gasteiger partial charge in [-0.3, -0.25) is 4.79 Å². The van der Waals surface area contributed by atoms with Gasteiger partial charge in [0.25, 0.3) is 5.91 Å². The van der Waals surface area contributed by atoms with Crippen molar-refractivity contribution >= 4 is 32.6 Å². The van der Waals surface area contributed by atoms with Crippen LogP contribution in [0.15, 0.2) is 40.9 Å². The Balaban J connectivity index is 2.28. The maximum absolute atomic E-state index is 12.5. The van der Waals surface area contributed by atoms with Gasteiger partial charge in [-0.2, -0.15) is 0 Å². The number of halogens is 1. The minimum absolute atomic E-state index is 0.0933. The Morgan fingerprint density at radius 2 is 1.85 bits per heavy atom. The highest BCUT2D eigenvalue weighted by Gasteiger charge is 2.16. The van der Waals surface area contributed by atoms with Gasteiger partial charge in [-0.1, -0.05) is 41.4 Å². The number of carbonyl (C=O) groups excluding carboxylic acids is 1. The van der Waals surface area contributed by atoms with E-state index >= 15 is 0 Å². The summed E-state index contributed by atoms with van der Waals surface area (Å²) in [6, 6.07) is 12.3. The molecular weight excluding hydrogens is 314 g/mol. The van der Waals surface area contributed by atoms with Crippen LogP contribution in [0.25, 0.3) is 10.8 Å². The second-order valence-corrected chi connectivity index (χ2v) is 6.18. The van der Waals surface area contributed by atoms with Gasteiger partial charge in [-0.05, 0) is 48.4 Å². The third kappa shape index (κ3) is 3.21. The van der Waals surface area contributed by atoms with Crippen molar-refractivity contribution in [1.82, 2.24) is 4.90 Å². The molecule has 0 radical (unpaired) electrons. The standard InChI is InChI=1S/C17H20BrNO/c1-4-5-12(2)19(3)17(20)15-7-6-14-11-16(18)9-8-13(14)10-15/h6-12H,4-5H2,1-3H3. The lowest BCUT2D eigenvalue weighted by Gasteiger charge is -2.24. The maximum atomic E-state index is 12.5. The van der Waals surface area contributed by atoms with Crippen molar-refractivity contribution in [3.05, 3.63) is 46.4 Å². The molecule has 1 amide bonds. The minimum Gasteiger partial charge on any atom is -0.339 e. The number of fused-ring (bicyclic) bond motifs is 1. The number of amides is 1. The van der Waals surface area contributed by atoms with E-state index in [0.29, 0.717) is 0 Å². The highest BCUT2D eigenvalue weighted by molar-refractivity contribution is 9.10. The van der Waals surface area contributed by atoms with Gasteiger partial charge in [0.2, 0.25) is 0 Å². The first kappa shape index (κ1) is 15.0. The normalized spacial score (nSPS) is 12.4. The highest BCUT2D eigenvalue weighted by Crippen LogP contribution is 2.22. The molecule has 0 aliphatic carbocycles. The molecule has 0 N–H and O–H groups in total. The van der Waals surface area contributed by atoms with Crippen molar-refractivity contribution < 1.29 is 4.79 Å². The lowest BCUT2D eigenvalue weighted by Crippen LogP contribution is -2.34. The molecular formula is C17H20BrNO. The molecule has 2 rings (SSSR count). The van der Waals surface area contributed by atoms with Crippen LogP contribution < -0.4 is 0 Å². The lowest BCUT2D eigenvalue weighted by molar-refractivity contribution is 0.0737. The fourth-order valence-corrected chi connectivity index (χ4v) is 2.74. The number of nitrogens with zero attached hydrogens (tertiary/aromatic N) is 1. The predicted octanol–water partition coefficient (Wildman–Crippen LogP) is 4.86. The Labute approximate surface area is 128 Å². The Morgan fingerprint density at radius 3 is 2.55 bits per heavy atom. The van der Waals surface area contributed by atoms with E-state index in [1.54, 1.807) is 0 Å². The molecule has 0 fully saturated rings. The van der Waals surface area contributed by atoms with Gasteiger partial charge in [-0.15, -0.1) is 0 Å². The summed E-state index contributed by atoms with van der Waals surface area (Å²) in [5.41, 5.74) is 0.755. The average molecular weight is 334 g/mol. The van der Waals surface area contributed by atoms with Crippen molar-refractivity contribution in [3.63, 3.8) is 0 Å². The Kier molecular flexibility index (Phi) is 4.81. The molecule has 0 spiro atoms. The molecule has 0 aliphatic heterocycles. The van der Waals surface area contributed by atoms with E-state index in [0.717, 1.165) is 33.7 Å². The average Bonchev–Trinajstić information content (AvgIpc) is 2.45. The third-order valence-corrected chi connectivity index (χ3v) is 4.23. The highest BCUT2D eigenvalue weighted by atomic mass is 79.9. The van der Waals surface area contributed by atoms with E-state index in [2.05, 4.69) is 35.8 Å². The van der Waals surface area contributed by atoms with Gasteiger partial charge >= 0.3 is 0 Å². The molecule has 2 aromatic rings. The molecule has 2 nitrogen and oxygen atoms in total. The van der Waals surface area contributed by atoms with Crippen molar-refractivity contribution in [2.45, 2.75) is 32.7 Å². The quantitative estimate of drug-likeness (QED) is 0.782. The van der Waals surface area contributed by atoms with Crippen LogP contribution in [-0.4, -0.2) is 23.9 Å². The molecule has 0 aliphatic rings. The molecule has 106 valence electrons. The van der Waals surface area contributed by atoms with Crippen LogP contribution in [0.5, 0.6) is 0 Å². The van der Waals surface area contributed by atoms with Gasteiger partial charge in [0.15, 0.2) is 0 Å². The van der Waals surface area contributed by atoms with E-state index in [1.165, 1.54) is 0 Å². The number of hydrogen-bond acceptors (Lipinski definition) is 1. The predicted molar refractivity (Wildman–Crippen MR) is 88.1 cm³/mol. The minimum atomic E-state index is 0.0933. The van der Waals surface area contributed by atoms with Crippen molar-refractivity contribution in [2.24, 2.45) is 0 Å². The largest absolute Gasteiger partial charge is 0.339 e. The van der Waals surface area contributed by atoms with E-state index in [4.69, 9.17) is 0 Å². The molecule has 0 saturated heterocycles. The SMILES string of the molecule is CCCC(C)N(C)C(=O)c1ccc2cc(Br)ccc2c1. The van der Waals surface area contributed by atoms with Crippen molar-refractivity contribution in [1.29, 1.82) is 0 Å². The Hall–Kier alpha value is -1.35. The molecule has 2 aromatic carbocycles. The zero-order valence-electron chi connectivity index (χ0n) is 12.2. The van der Waals surface area contributed by atoms with Crippen molar-refractivity contribution in [3.8, 4) is 0 Å². The summed E-state index contributed by atoms with van der Waals surface area (Å²) in [7, 11) is 1.88. The van der Waals surface area contributed by atoms with Gasteiger partial charge in [0, 0.05) is 23.1 Å². The summed E-state index contributed by atoms with van der Waals surface area (Å²) in [6.45, 7) is 4.24. The number of hydrogen-bond donors (Lipinski definition) is 0. The summed E-state index contributed by atoms with van der Waals surface area (Å²) in [4.78, 5) is 14.3. The van der Waals surface area contributed by atoms with Gasteiger partial charge in [-0.25, -0.2) is 0 Å². The fourth-order valence-electron chi connectivity index (χ4n) is 2.36. The molecule has 0 bridgehead atoms. The second kappa shape index (κ2) is 6.40. The molecule has 20 heavy (non-hydrogen) atoms. The van der Waals surface area contributed by atoms with Crippen LogP contribution >= 0.6 is 15.9 Å². The van der Waals surface area contributed by atoms with Crippen LogP contribution in [0.4, 0.5) is 0 Å². The molecule has 3 heteroatoms. The van der Waals surface area contributed by atoms with Gasteiger partial charge in [0.1, 0.15) is 0 Å². The third-order valence-electron chi connectivity index (χ3n) is 3.74. The van der Waals surface area contributed by atoms with Crippen LogP contribution in [0.3, 0.4) is 0 Å². The number of carbonyl (C=O) groups is 1. The Bertz CT molecular complexity index is 623. The Morgan fingerprint density at radius 1 is 1.20 bits per heavy atom. The van der Waals surface area contributed by atoms with Crippen molar-refractivity contribution in [2.75, 3.05) is 7.05 Å². The first-order chi connectivity index (χ1) is 9.52. The van der Waals surface area contributed by atoms with E-state index in [9.17, 15) is 4.79 Å². The second-order valence-electron chi connectivity index (χ2n) is 5.26. The first-order valence-corrected chi connectivity index (χ1v) is 7.78. The molecule has 0 heterocycles. The topological polar surface area (TPSA) is 20.3 Å². The summed E-state index contributed by atoms with van der Waals surface area (Å²) < 4.78 is 1.05. The summed E-state index contributed by atoms with van der Waals surface area (Å²) >= 11 is 3.46. The van der Waals surface area contributed by atoms with Crippen LogP contribution in [0.1, 0.15) is 37.0 Å². The van der Waals surface area contributed by atoms with E-state index < -0.39 is 0 Å². The van der Waals surface area contributed by atoms with Crippen LogP contribution in [0, 0.1) is 0 Å². The van der Waals surface area contributed by atoms with Crippen LogP contribution in [0.2, 0.25) is 0 Å². The molecule has 0 aromatic heterocycles. The van der Waals surface area contributed by atoms with E-state index in [-0.39, 0.29) is 11.9 Å². The zero-order chi connectivity index (χ0) is 14.7. The van der Waals surface area contributed by atoms with Gasteiger partial charge < -0.3 is 4.90 Å².